The first-order valence-electron chi connectivity index (χ1n) is 10.1. The number of para-hydroxylation sites is 2. The molecule has 0 aliphatic rings. The van der Waals surface area contributed by atoms with Gasteiger partial charge >= 0.3 is 0 Å². The molecular weight excluding hydrogens is 394 g/mol. The Balaban J connectivity index is 1.72. The van der Waals surface area contributed by atoms with Crippen LogP contribution in [0.5, 0.6) is 0 Å². The molecule has 0 unspecified atom stereocenters. The van der Waals surface area contributed by atoms with Crippen LogP contribution in [-0.4, -0.2) is 26.4 Å². The van der Waals surface area contributed by atoms with E-state index in [4.69, 9.17) is 16.6 Å². The van der Waals surface area contributed by atoms with Crippen molar-refractivity contribution in [1.29, 1.82) is 0 Å². The van der Waals surface area contributed by atoms with Crippen molar-refractivity contribution < 1.29 is 4.79 Å². The number of halogens is 1. The van der Waals surface area contributed by atoms with Crippen molar-refractivity contribution >= 4 is 28.5 Å². The number of benzene rings is 3. The number of nitrogens with zero attached hydrogens (tertiary/aromatic N) is 3. The number of aromatic nitrogens is 2. The Morgan fingerprint density at radius 2 is 1.63 bits per heavy atom. The van der Waals surface area contributed by atoms with Crippen LogP contribution in [0.25, 0.3) is 22.4 Å². The summed E-state index contributed by atoms with van der Waals surface area (Å²) in [5.74, 6) is 0.754. The van der Waals surface area contributed by atoms with Gasteiger partial charge in [-0.05, 0) is 43.7 Å². The van der Waals surface area contributed by atoms with Crippen LogP contribution in [0.3, 0.4) is 0 Å². The predicted molar refractivity (Wildman–Crippen MR) is 122 cm³/mol. The zero-order chi connectivity index (χ0) is 21.1. The van der Waals surface area contributed by atoms with Crippen LogP contribution in [-0.2, 0) is 17.9 Å². The smallest absolute Gasteiger partial charge is 0.243 e. The van der Waals surface area contributed by atoms with Crippen LogP contribution in [0.4, 0.5) is 0 Å². The highest BCUT2D eigenvalue weighted by atomic mass is 35.5. The molecule has 0 aliphatic heterocycles. The van der Waals surface area contributed by atoms with Crippen molar-refractivity contribution in [1.82, 2.24) is 14.5 Å². The van der Waals surface area contributed by atoms with E-state index in [0.717, 1.165) is 22.2 Å². The maximum atomic E-state index is 13.4. The number of fused-ring (bicyclic) bond motifs is 1. The fraction of sp³-hybridized carbons (Fsp3) is 0.200. The van der Waals surface area contributed by atoms with Crippen LogP contribution in [0.2, 0.25) is 5.02 Å². The first-order valence-corrected chi connectivity index (χ1v) is 10.5. The van der Waals surface area contributed by atoms with E-state index in [2.05, 4.69) is 0 Å². The Morgan fingerprint density at radius 3 is 2.37 bits per heavy atom. The second-order valence-corrected chi connectivity index (χ2v) is 8.00. The molecule has 0 saturated heterocycles. The van der Waals surface area contributed by atoms with Gasteiger partial charge in [0.25, 0.3) is 0 Å². The molecule has 0 radical (unpaired) electrons. The highest BCUT2D eigenvalue weighted by Gasteiger charge is 2.22. The number of amides is 1. The normalized spacial score (nSPS) is 11.2. The summed E-state index contributed by atoms with van der Waals surface area (Å²) >= 11 is 6.47. The third-order valence-electron chi connectivity index (χ3n) is 5.20. The SMILES string of the molecule is CC(C)N(Cc1ccccc1)C(=O)Cn1c(-c2ccccc2Cl)nc2ccccc21. The Kier molecular flexibility index (Phi) is 5.86. The minimum absolute atomic E-state index is 0.0466. The number of carbonyl (C=O) groups excluding carboxylic acids is 1. The number of imidazole rings is 1. The number of hydrogen-bond acceptors (Lipinski definition) is 2. The van der Waals surface area contributed by atoms with E-state index in [-0.39, 0.29) is 18.5 Å². The quantitative estimate of drug-likeness (QED) is 0.398. The molecule has 0 saturated carbocycles. The van der Waals surface area contributed by atoms with Gasteiger partial charge < -0.3 is 9.47 Å². The second-order valence-electron chi connectivity index (χ2n) is 7.59. The van der Waals surface area contributed by atoms with Gasteiger partial charge in [-0.3, -0.25) is 4.79 Å². The summed E-state index contributed by atoms with van der Waals surface area (Å²) in [6.45, 7) is 4.86. The van der Waals surface area contributed by atoms with Gasteiger partial charge in [0.05, 0.1) is 16.1 Å². The van der Waals surface area contributed by atoms with Gasteiger partial charge in [-0.25, -0.2) is 4.98 Å². The van der Waals surface area contributed by atoms with Crippen LogP contribution in [0.1, 0.15) is 19.4 Å². The van der Waals surface area contributed by atoms with Crippen LogP contribution < -0.4 is 0 Å². The van der Waals surface area contributed by atoms with Crippen molar-refractivity contribution in [3.05, 3.63) is 89.4 Å². The molecule has 5 heteroatoms. The van der Waals surface area contributed by atoms with Gasteiger partial charge in [-0.2, -0.15) is 0 Å². The molecule has 0 aliphatic carbocycles. The van der Waals surface area contributed by atoms with Crippen molar-refractivity contribution in [3.63, 3.8) is 0 Å². The van der Waals surface area contributed by atoms with Crippen molar-refractivity contribution in [2.24, 2.45) is 0 Å². The van der Waals surface area contributed by atoms with Gasteiger partial charge in [0.2, 0.25) is 5.91 Å². The average molecular weight is 418 g/mol. The lowest BCUT2D eigenvalue weighted by atomic mass is 10.2. The van der Waals surface area contributed by atoms with E-state index in [1.54, 1.807) is 0 Å². The molecule has 152 valence electrons. The fourth-order valence-electron chi connectivity index (χ4n) is 3.65. The molecule has 4 aromatic rings. The van der Waals surface area contributed by atoms with Gasteiger partial charge in [0.1, 0.15) is 12.4 Å². The standard InChI is InChI=1S/C25H24ClN3O/c1-18(2)28(16-19-10-4-3-5-11-19)24(30)17-29-23-15-9-8-14-22(23)27-25(29)20-12-6-7-13-21(20)26/h3-15,18H,16-17H2,1-2H3. The zero-order valence-electron chi connectivity index (χ0n) is 17.1. The first kappa shape index (κ1) is 20.2. The van der Waals surface area contributed by atoms with Gasteiger partial charge in [0, 0.05) is 18.2 Å². The van der Waals surface area contributed by atoms with Crippen molar-refractivity contribution in [2.45, 2.75) is 33.0 Å². The summed E-state index contributed by atoms with van der Waals surface area (Å²) in [6, 6.07) is 25.6. The highest BCUT2D eigenvalue weighted by Crippen LogP contribution is 2.30. The monoisotopic (exact) mass is 417 g/mol. The molecule has 0 spiro atoms. The van der Waals surface area contributed by atoms with Crippen molar-refractivity contribution in [2.75, 3.05) is 0 Å². The molecule has 0 N–H and O–H groups in total. The van der Waals surface area contributed by atoms with E-state index in [1.807, 2.05) is 102 Å². The Bertz CT molecular complexity index is 1170. The molecule has 0 atom stereocenters. The molecule has 0 bridgehead atoms. The second kappa shape index (κ2) is 8.72. The minimum Gasteiger partial charge on any atom is -0.334 e. The summed E-state index contributed by atoms with van der Waals surface area (Å²) in [4.78, 5) is 20.1. The fourth-order valence-corrected chi connectivity index (χ4v) is 3.87. The van der Waals surface area contributed by atoms with Crippen LogP contribution in [0.15, 0.2) is 78.9 Å². The Morgan fingerprint density at radius 1 is 0.967 bits per heavy atom. The maximum Gasteiger partial charge on any atom is 0.243 e. The summed E-state index contributed by atoms with van der Waals surface area (Å²) in [5.41, 5.74) is 3.70. The average Bonchev–Trinajstić information content (AvgIpc) is 3.11. The summed E-state index contributed by atoms with van der Waals surface area (Å²) < 4.78 is 1.97. The highest BCUT2D eigenvalue weighted by molar-refractivity contribution is 6.33. The zero-order valence-corrected chi connectivity index (χ0v) is 17.9. The predicted octanol–water partition coefficient (Wildman–Crippen LogP) is 5.79. The molecule has 1 aromatic heterocycles. The Hall–Kier alpha value is -3.11. The summed E-state index contributed by atoms with van der Waals surface area (Å²) in [6.07, 6.45) is 0. The molecule has 1 amide bonds. The van der Waals surface area contributed by atoms with Gasteiger partial charge in [-0.15, -0.1) is 0 Å². The molecule has 4 nitrogen and oxygen atoms in total. The lowest BCUT2D eigenvalue weighted by molar-refractivity contribution is -0.134. The van der Waals surface area contributed by atoms with E-state index in [0.29, 0.717) is 17.4 Å². The summed E-state index contributed by atoms with van der Waals surface area (Å²) in [5, 5.41) is 0.617. The van der Waals surface area contributed by atoms with E-state index >= 15 is 0 Å². The van der Waals surface area contributed by atoms with E-state index in [1.165, 1.54) is 0 Å². The maximum absolute atomic E-state index is 13.4. The topological polar surface area (TPSA) is 38.1 Å². The lowest BCUT2D eigenvalue weighted by Crippen LogP contribution is -2.38. The molecule has 3 aromatic carbocycles. The first-order chi connectivity index (χ1) is 14.5. The van der Waals surface area contributed by atoms with Crippen LogP contribution in [0, 0.1) is 0 Å². The molecule has 1 heterocycles. The van der Waals surface area contributed by atoms with Crippen molar-refractivity contribution in [3.8, 4) is 11.4 Å². The number of hydrogen-bond donors (Lipinski definition) is 0. The van der Waals surface area contributed by atoms with E-state index in [9.17, 15) is 4.79 Å². The number of rotatable bonds is 6. The van der Waals surface area contributed by atoms with Crippen LogP contribution >= 0.6 is 11.6 Å². The number of carbonyl (C=O) groups is 1. The molecule has 0 fully saturated rings. The Labute approximate surface area is 181 Å². The van der Waals surface area contributed by atoms with Gasteiger partial charge in [0.15, 0.2) is 0 Å². The third kappa shape index (κ3) is 4.10. The molecule has 30 heavy (non-hydrogen) atoms. The minimum atomic E-state index is 0.0466. The lowest BCUT2D eigenvalue weighted by Gasteiger charge is -2.27. The third-order valence-corrected chi connectivity index (χ3v) is 5.53. The van der Waals surface area contributed by atoms with E-state index < -0.39 is 0 Å². The van der Waals surface area contributed by atoms with Gasteiger partial charge in [-0.1, -0.05) is 66.2 Å². The molecular formula is C25H24ClN3O. The summed E-state index contributed by atoms with van der Waals surface area (Å²) in [7, 11) is 0. The largest absolute Gasteiger partial charge is 0.334 e. The molecule has 4 rings (SSSR count).